The highest BCUT2D eigenvalue weighted by atomic mass is 32.2. The van der Waals surface area contributed by atoms with E-state index in [1.54, 1.807) is 0 Å². The average molecular weight is 271 g/mol. The highest BCUT2D eigenvalue weighted by molar-refractivity contribution is 7.89. The van der Waals surface area contributed by atoms with E-state index >= 15 is 0 Å². The summed E-state index contributed by atoms with van der Waals surface area (Å²) in [6.45, 7) is 0.418. The minimum Gasteiger partial charge on any atom is -0.393 e. The SMILES string of the molecule is CN(CC1CC(O)C1)S(=O)(=O)c1ccnc(N)c1. The molecule has 0 unspecified atom stereocenters. The van der Waals surface area contributed by atoms with Crippen molar-refractivity contribution in [3.8, 4) is 0 Å². The molecule has 1 aliphatic carbocycles. The van der Waals surface area contributed by atoms with Gasteiger partial charge in [-0.05, 0) is 24.8 Å². The van der Waals surface area contributed by atoms with Gasteiger partial charge in [0.2, 0.25) is 10.0 Å². The van der Waals surface area contributed by atoms with Crippen molar-refractivity contribution in [1.29, 1.82) is 0 Å². The van der Waals surface area contributed by atoms with Crippen LogP contribution in [-0.4, -0.2) is 42.5 Å². The lowest BCUT2D eigenvalue weighted by Crippen LogP contribution is -2.39. The summed E-state index contributed by atoms with van der Waals surface area (Å²) in [5, 5.41) is 9.19. The van der Waals surface area contributed by atoms with Gasteiger partial charge in [0.25, 0.3) is 0 Å². The van der Waals surface area contributed by atoms with Crippen LogP contribution in [0.3, 0.4) is 0 Å². The Labute approximate surface area is 106 Å². The fourth-order valence-electron chi connectivity index (χ4n) is 2.08. The van der Waals surface area contributed by atoms with E-state index < -0.39 is 10.0 Å². The Morgan fingerprint density at radius 2 is 2.22 bits per heavy atom. The number of hydrogen-bond donors (Lipinski definition) is 2. The Morgan fingerprint density at radius 3 is 2.78 bits per heavy atom. The first-order valence-corrected chi connectivity index (χ1v) is 7.19. The number of pyridine rings is 1. The standard InChI is InChI=1S/C11H17N3O3S/c1-14(7-8-4-9(15)5-8)18(16,17)10-2-3-13-11(12)6-10/h2-3,6,8-9,15H,4-5,7H2,1H3,(H2,12,13). The van der Waals surface area contributed by atoms with Gasteiger partial charge in [0.05, 0.1) is 11.0 Å². The van der Waals surface area contributed by atoms with Gasteiger partial charge in [-0.2, -0.15) is 0 Å². The molecule has 0 amide bonds. The van der Waals surface area contributed by atoms with Crippen molar-refractivity contribution in [3.63, 3.8) is 0 Å². The average Bonchev–Trinajstić information content (AvgIpc) is 2.26. The number of rotatable bonds is 4. The zero-order chi connectivity index (χ0) is 13.3. The van der Waals surface area contributed by atoms with Crippen LogP contribution in [0.4, 0.5) is 5.82 Å². The van der Waals surface area contributed by atoms with E-state index in [0.717, 1.165) is 0 Å². The fraction of sp³-hybridized carbons (Fsp3) is 0.545. The normalized spacial score (nSPS) is 23.9. The van der Waals surface area contributed by atoms with Gasteiger partial charge in [0.1, 0.15) is 5.82 Å². The molecule has 7 heteroatoms. The Kier molecular flexibility index (Phi) is 3.56. The van der Waals surface area contributed by atoms with Crippen molar-refractivity contribution in [2.75, 3.05) is 19.3 Å². The summed E-state index contributed by atoms with van der Waals surface area (Å²) in [5.74, 6) is 0.419. The molecule has 1 aliphatic rings. The molecular formula is C11H17N3O3S. The van der Waals surface area contributed by atoms with Crippen molar-refractivity contribution < 1.29 is 13.5 Å². The van der Waals surface area contributed by atoms with E-state index in [2.05, 4.69) is 4.98 Å². The number of aliphatic hydroxyl groups is 1. The van der Waals surface area contributed by atoms with Crippen molar-refractivity contribution in [1.82, 2.24) is 9.29 Å². The molecule has 6 nitrogen and oxygen atoms in total. The van der Waals surface area contributed by atoms with Gasteiger partial charge >= 0.3 is 0 Å². The first-order chi connectivity index (χ1) is 8.39. The summed E-state index contributed by atoms with van der Waals surface area (Å²) in [6.07, 6.45) is 2.43. The minimum absolute atomic E-state index is 0.150. The highest BCUT2D eigenvalue weighted by Gasteiger charge is 2.31. The maximum atomic E-state index is 12.2. The number of nitrogens with two attached hydrogens (primary N) is 1. The van der Waals surface area contributed by atoms with Crippen LogP contribution in [0, 0.1) is 5.92 Å². The molecule has 100 valence electrons. The van der Waals surface area contributed by atoms with Gasteiger partial charge in [-0.25, -0.2) is 17.7 Å². The quantitative estimate of drug-likeness (QED) is 0.807. The summed E-state index contributed by atoms with van der Waals surface area (Å²) < 4.78 is 25.7. The van der Waals surface area contributed by atoms with E-state index in [1.807, 2.05) is 0 Å². The molecular weight excluding hydrogens is 254 g/mol. The third-order valence-electron chi connectivity index (χ3n) is 3.19. The van der Waals surface area contributed by atoms with Gasteiger partial charge in [0, 0.05) is 25.9 Å². The van der Waals surface area contributed by atoms with Crippen LogP contribution in [0.1, 0.15) is 12.8 Å². The molecule has 0 saturated heterocycles. The topological polar surface area (TPSA) is 96.5 Å². The van der Waals surface area contributed by atoms with E-state index in [9.17, 15) is 13.5 Å². The number of nitrogens with zero attached hydrogens (tertiary/aromatic N) is 2. The van der Waals surface area contributed by atoms with Crippen molar-refractivity contribution >= 4 is 15.8 Å². The van der Waals surface area contributed by atoms with Crippen LogP contribution in [0.5, 0.6) is 0 Å². The molecule has 1 heterocycles. The monoisotopic (exact) mass is 271 g/mol. The van der Waals surface area contributed by atoms with Gasteiger partial charge in [-0.3, -0.25) is 0 Å². The zero-order valence-electron chi connectivity index (χ0n) is 10.2. The summed E-state index contributed by atoms with van der Waals surface area (Å²) in [6, 6.07) is 2.78. The number of aliphatic hydroxyl groups excluding tert-OH is 1. The summed E-state index contributed by atoms with van der Waals surface area (Å²) in [5.41, 5.74) is 5.49. The first-order valence-electron chi connectivity index (χ1n) is 5.75. The molecule has 2 rings (SSSR count). The summed E-state index contributed by atoms with van der Waals surface area (Å²) >= 11 is 0. The molecule has 0 aliphatic heterocycles. The van der Waals surface area contributed by atoms with Gasteiger partial charge in [0.15, 0.2) is 0 Å². The summed E-state index contributed by atoms with van der Waals surface area (Å²) in [4.78, 5) is 3.92. The molecule has 18 heavy (non-hydrogen) atoms. The molecule has 1 aromatic heterocycles. The van der Waals surface area contributed by atoms with Crippen LogP contribution in [-0.2, 0) is 10.0 Å². The van der Waals surface area contributed by atoms with Crippen LogP contribution in [0.15, 0.2) is 23.2 Å². The lowest BCUT2D eigenvalue weighted by Gasteiger charge is -2.34. The second-order valence-corrected chi connectivity index (χ2v) is 6.74. The molecule has 0 radical (unpaired) electrons. The lowest BCUT2D eigenvalue weighted by atomic mass is 9.82. The zero-order valence-corrected chi connectivity index (χ0v) is 11.0. The second kappa shape index (κ2) is 4.83. The van der Waals surface area contributed by atoms with E-state index in [4.69, 9.17) is 5.73 Å². The van der Waals surface area contributed by atoms with E-state index in [1.165, 1.54) is 29.7 Å². The van der Waals surface area contributed by atoms with Crippen molar-refractivity contribution in [2.24, 2.45) is 5.92 Å². The number of anilines is 1. The Morgan fingerprint density at radius 1 is 1.56 bits per heavy atom. The second-order valence-electron chi connectivity index (χ2n) is 4.69. The molecule has 0 aromatic carbocycles. The molecule has 1 aromatic rings. The fourth-order valence-corrected chi connectivity index (χ4v) is 3.35. The Bertz CT molecular complexity index is 526. The highest BCUT2D eigenvalue weighted by Crippen LogP contribution is 2.29. The minimum atomic E-state index is -3.52. The maximum absolute atomic E-state index is 12.2. The molecule has 1 fully saturated rings. The lowest BCUT2D eigenvalue weighted by molar-refractivity contribution is 0.0367. The molecule has 0 bridgehead atoms. The largest absolute Gasteiger partial charge is 0.393 e. The molecule has 0 atom stereocenters. The van der Waals surface area contributed by atoms with Crippen molar-refractivity contribution in [2.45, 2.75) is 23.8 Å². The van der Waals surface area contributed by atoms with Crippen LogP contribution in [0.2, 0.25) is 0 Å². The van der Waals surface area contributed by atoms with Gasteiger partial charge in [-0.1, -0.05) is 0 Å². The molecule has 1 saturated carbocycles. The predicted molar refractivity (Wildman–Crippen MR) is 67.2 cm³/mol. The first kappa shape index (κ1) is 13.3. The van der Waals surface area contributed by atoms with E-state index in [-0.39, 0.29) is 22.7 Å². The predicted octanol–water partition coefficient (Wildman–Crippen LogP) is 0.0552. The smallest absolute Gasteiger partial charge is 0.243 e. The van der Waals surface area contributed by atoms with Gasteiger partial charge in [-0.15, -0.1) is 0 Å². The Hall–Kier alpha value is -1.18. The number of aromatic nitrogens is 1. The molecule has 0 spiro atoms. The van der Waals surface area contributed by atoms with Crippen molar-refractivity contribution in [3.05, 3.63) is 18.3 Å². The van der Waals surface area contributed by atoms with Crippen LogP contribution < -0.4 is 5.73 Å². The maximum Gasteiger partial charge on any atom is 0.243 e. The number of hydrogen-bond acceptors (Lipinski definition) is 5. The molecule has 3 N–H and O–H groups in total. The third kappa shape index (κ3) is 2.63. The van der Waals surface area contributed by atoms with Crippen LogP contribution >= 0.6 is 0 Å². The number of nitrogen functional groups attached to an aromatic ring is 1. The van der Waals surface area contributed by atoms with Gasteiger partial charge < -0.3 is 10.8 Å². The third-order valence-corrected chi connectivity index (χ3v) is 5.01. The Balaban J connectivity index is 2.10. The number of sulfonamides is 1. The van der Waals surface area contributed by atoms with E-state index in [0.29, 0.717) is 19.4 Å². The summed E-state index contributed by atoms with van der Waals surface area (Å²) in [7, 11) is -1.98. The van der Waals surface area contributed by atoms with Crippen LogP contribution in [0.25, 0.3) is 0 Å².